The van der Waals surface area contributed by atoms with Crippen LogP contribution < -0.4 is 9.64 Å². The maximum Gasteiger partial charge on any atom is 0.140 e. The standard InChI is InChI=1S/C13H15ClN2OS/c1-16(2)11-4-3-5-12(6-11)17-8-13-15-10(7-14)9-18-13/h3-6,9H,7-8H2,1-2H3. The van der Waals surface area contributed by atoms with Crippen LogP contribution in [0.4, 0.5) is 5.69 Å². The van der Waals surface area contributed by atoms with E-state index in [-0.39, 0.29) is 0 Å². The van der Waals surface area contributed by atoms with E-state index in [9.17, 15) is 0 Å². The van der Waals surface area contributed by atoms with Gasteiger partial charge >= 0.3 is 0 Å². The molecule has 0 spiro atoms. The SMILES string of the molecule is CN(C)c1cccc(OCc2nc(CCl)cs2)c1. The second-order valence-corrected chi connectivity index (χ2v) is 5.26. The van der Waals surface area contributed by atoms with Crippen LogP contribution in [0.5, 0.6) is 5.75 Å². The Hall–Kier alpha value is -1.26. The number of hydrogen-bond acceptors (Lipinski definition) is 4. The summed E-state index contributed by atoms with van der Waals surface area (Å²) in [6.07, 6.45) is 0. The largest absolute Gasteiger partial charge is 0.486 e. The fourth-order valence-electron chi connectivity index (χ4n) is 1.47. The minimum absolute atomic E-state index is 0.451. The normalized spacial score (nSPS) is 10.4. The maximum atomic E-state index is 5.72. The van der Waals surface area contributed by atoms with Crippen molar-refractivity contribution in [2.75, 3.05) is 19.0 Å². The zero-order valence-electron chi connectivity index (χ0n) is 10.4. The highest BCUT2D eigenvalue weighted by molar-refractivity contribution is 7.09. The van der Waals surface area contributed by atoms with E-state index in [1.165, 1.54) is 0 Å². The summed E-state index contributed by atoms with van der Waals surface area (Å²) in [7, 11) is 4.01. The van der Waals surface area contributed by atoms with Gasteiger partial charge in [-0.1, -0.05) is 6.07 Å². The van der Waals surface area contributed by atoms with E-state index < -0.39 is 0 Å². The molecular weight excluding hydrogens is 268 g/mol. The van der Waals surface area contributed by atoms with E-state index in [1.807, 2.05) is 48.6 Å². The number of alkyl halides is 1. The van der Waals surface area contributed by atoms with Crippen molar-refractivity contribution in [3.05, 3.63) is 40.3 Å². The molecule has 0 saturated heterocycles. The summed E-state index contributed by atoms with van der Waals surface area (Å²) in [6.45, 7) is 0.485. The number of aromatic nitrogens is 1. The molecule has 5 heteroatoms. The number of halogens is 1. The third kappa shape index (κ3) is 3.37. The van der Waals surface area contributed by atoms with Gasteiger partial charge in [-0.25, -0.2) is 4.98 Å². The summed E-state index contributed by atoms with van der Waals surface area (Å²) in [5.74, 6) is 1.30. The number of ether oxygens (including phenoxy) is 1. The molecule has 1 heterocycles. The van der Waals surface area contributed by atoms with Gasteiger partial charge in [-0.2, -0.15) is 0 Å². The smallest absolute Gasteiger partial charge is 0.140 e. The Morgan fingerprint density at radius 2 is 2.22 bits per heavy atom. The minimum atomic E-state index is 0.451. The van der Waals surface area contributed by atoms with E-state index in [0.717, 1.165) is 22.1 Å². The predicted octanol–water partition coefficient (Wildman–Crippen LogP) is 3.53. The van der Waals surface area contributed by atoms with Gasteiger partial charge in [0.25, 0.3) is 0 Å². The van der Waals surface area contributed by atoms with E-state index in [0.29, 0.717) is 12.5 Å². The lowest BCUT2D eigenvalue weighted by molar-refractivity contribution is 0.305. The Labute approximate surface area is 116 Å². The Morgan fingerprint density at radius 1 is 1.39 bits per heavy atom. The van der Waals surface area contributed by atoms with Gasteiger partial charge in [-0.05, 0) is 12.1 Å². The van der Waals surface area contributed by atoms with Crippen LogP contribution in [-0.4, -0.2) is 19.1 Å². The molecule has 0 radical (unpaired) electrons. The number of benzene rings is 1. The maximum absolute atomic E-state index is 5.72. The lowest BCUT2D eigenvalue weighted by atomic mass is 10.3. The van der Waals surface area contributed by atoms with Crippen LogP contribution in [0.1, 0.15) is 10.7 Å². The average molecular weight is 283 g/mol. The Balaban J connectivity index is 1.99. The van der Waals surface area contributed by atoms with Crippen LogP contribution in [0.3, 0.4) is 0 Å². The molecule has 0 aliphatic heterocycles. The number of hydrogen-bond donors (Lipinski definition) is 0. The quantitative estimate of drug-likeness (QED) is 0.785. The summed E-state index contributed by atoms with van der Waals surface area (Å²) in [6, 6.07) is 7.98. The van der Waals surface area contributed by atoms with Crippen molar-refractivity contribution in [2.45, 2.75) is 12.5 Å². The van der Waals surface area contributed by atoms with Gasteiger partial charge < -0.3 is 9.64 Å². The Morgan fingerprint density at radius 3 is 2.89 bits per heavy atom. The van der Waals surface area contributed by atoms with Crippen molar-refractivity contribution in [3.63, 3.8) is 0 Å². The molecular formula is C13H15ClN2OS. The first-order chi connectivity index (χ1) is 8.69. The summed E-state index contributed by atoms with van der Waals surface area (Å²) < 4.78 is 5.72. The molecule has 0 atom stereocenters. The molecule has 2 aromatic rings. The molecule has 0 fully saturated rings. The molecule has 1 aromatic heterocycles. The Bertz CT molecular complexity index is 513. The highest BCUT2D eigenvalue weighted by atomic mass is 35.5. The highest BCUT2D eigenvalue weighted by Gasteiger charge is 2.03. The third-order valence-electron chi connectivity index (χ3n) is 2.43. The molecule has 0 bridgehead atoms. The summed E-state index contributed by atoms with van der Waals surface area (Å²) in [5.41, 5.74) is 2.02. The highest BCUT2D eigenvalue weighted by Crippen LogP contribution is 2.21. The first-order valence-corrected chi connectivity index (χ1v) is 7.00. The summed E-state index contributed by atoms with van der Waals surface area (Å²) in [5, 5.41) is 2.91. The van der Waals surface area contributed by atoms with Gasteiger partial charge in [0.2, 0.25) is 0 Å². The third-order valence-corrected chi connectivity index (χ3v) is 3.58. The van der Waals surface area contributed by atoms with Crippen LogP contribution in [0.2, 0.25) is 0 Å². The molecule has 1 aromatic carbocycles. The lowest BCUT2D eigenvalue weighted by Crippen LogP contribution is -2.08. The summed E-state index contributed by atoms with van der Waals surface area (Å²) >= 11 is 7.28. The zero-order chi connectivity index (χ0) is 13.0. The topological polar surface area (TPSA) is 25.4 Å². The van der Waals surface area contributed by atoms with Crippen molar-refractivity contribution in [1.82, 2.24) is 4.98 Å². The van der Waals surface area contributed by atoms with Crippen LogP contribution in [-0.2, 0) is 12.5 Å². The van der Waals surface area contributed by atoms with Crippen molar-refractivity contribution in [2.24, 2.45) is 0 Å². The first kappa shape index (κ1) is 13.2. The molecule has 96 valence electrons. The van der Waals surface area contributed by atoms with Gasteiger partial charge in [0, 0.05) is 31.2 Å². The Kier molecular flexibility index (Phi) is 4.44. The van der Waals surface area contributed by atoms with Crippen LogP contribution in [0.15, 0.2) is 29.6 Å². The van der Waals surface area contributed by atoms with Gasteiger partial charge in [0.15, 0.2) is 0 Å². The number of rotatable bonds is 5. The van der Waals surface area contributed by atoms with E-state index in [1.54, 1.807) is 11.3 Å². The van der Waals surface area contributed by atoms with E-state index >= 15 is 0 Å². The van der Waals surface area contributed by atoms with Gasteiger partial charge in [-0.3, -0.25) is 0 Å². The van der Waals surface area contributed by atoms with E-state index in [4.69, 9.17) is 16.3 Å². The van der Waals surface area contributed by atoms with E-state index in [2.05, 4.69) is 4.98 Å². The second-order valence-electron chi connectivity index (χ2n) is 4.05. The molecule has 0 aliphatic rings. The molecule has 2 rings (SSSR count). The first-order valence-electron chi connectivity index (χ1n) is 5.58. The van der Waals surface area contributed by atoms with Crippen molar-refractivity contribution >= 4 is 28.6 Å². The molecule has 0 aliphatic carbocycles. The van der Waals surface area contributed by atoms with Gasteiger partial charge in [0.05, 0.1) is 11.6 Å². The molecule has 18 heavy (non-hydrogen) atoms. The number of nitrogens with zero attached hydrogens (tertiary/aromatic N) is 2. The monoisotopic (exact) mass is 282 g/mol. The van der Waals surface area contributed by atoms with Gasteiger partial charge in [-0.15, -0.1) is 22.9 Å². The second kappa shape index (κ2) is 6.07. The van der Waals surface area contributed by atoms with Gasteiger partial charge in [0.1, 0.15) is 17.4 Å². The lowest BCUT2D eigenvalue weighted by Gasteiger charge is -2.13. The fraction of sp³-hybridized carbons (Fsp3) is 0.308. The summed E-state index contributed by atoms with van der Waals surface area (Å²) in [4.78, 5) is 6.40. The number of anilines is 1. The minimum Gasteiger partial charge on any atom is -0.486 e. The molecule has 0 saturated carbocycles. The molecule has 0 unspecified atom stereocenters. The van der Waals surface area contributed by atoms with Crippen molar-refractivity contribution in [3.8, 4) is 5.75 Å². The van der Waals surface area contributed by atoms with Crippen molar-refractivity contribution in [1.29, 1.82) is 0 Å². The molecule has 3 nitrogen and oxygen atoms in total. The van der Waals surface area contributed by atoms with Crippen LogP contribution in [0.25, 0.3) is 0 Å². The number of thiazole rings is 1. The van der Waals surface area contributed by atoms with Crippen molar-refractivity contribution < 1.29 is 4.74 Å². The zero-order valence-corrected chi connectivity index (χ0v) is 12.0. The van der Waals surface area contributed by atoms with Crippen LogP contribution >= 0.6 is 22.9 Å². The van der Waals surface area contributed by atoms with Crippen LogP contribution in [0, 0.1) is 0 Å². The average Bonchev–Trinajstić information content (AvgIpc) is 2.84. The molecule has 0 amide bonds. The fourth-order valence-corrected chi connectivity index (χ4v) is 2.41. The predicted molar refractivity (Wildman–Crippen MR) is 76.8 cm³/mol. The molecule has 0 N–H and O–H groups in total.